The molecule has 2 rings (SSSR count). The van der Waals surface area contributed by atoms with Crippen LogP contribution < -0.4 is 10.5 Å². The van der Waals surface area contributed by atoms with Gasteiger partial charge in [0, 0.05) is 16.3 Å². The molecule has 0 aliphatic rings. The van der Waals surface area contributed by atoms with Crippen molar-refractivity contribution in [2.24, 2.45) is 0 Å². The normalized spacial score (nSPS) is 10.3. The first kappa shape index (κ1) is 14.7. The van der Waals surface area contributed by atoms with Gasteiger partial charge in [-0.15, -0.1) is 0 Å². The number of carbonyl (C=O) groups is 1. The maximum Gasteiger partial charge on any atom is 0.198 e. The van der Waals surface area contributed by atoms with E-state index in [1.54, 1.807) is 30.3 Å². The number of rotatable bonds is 4. The quantitative estimate of drug-likeness (QED) is 0.680. The standard InChI is InChI=1S/C15H13Cl2NO2/c1-2-20-15-11(7-9(16)8-12(15)17)14(19)10-5-3-4-6-13(10)18/h3-8H,2,18H2,1H3. The molecule has 0 spiro atoms. The summed E-state index contributed by atoms with van der Waals surface area (Å²) in [5.74, 6) is 0.0581. The molecule has 0 unspecified atom stereocenters. The van der Waals surface area contributed by atoms with E-state index in [0.29, 0.717) is 39.2 Å². The molecule has 0 saturated carbocycles. The molecule has 0 aliphatic heterocycles. The van der Waals surface area contributed by atoms with Crippen molar-refractivity contribution in [3.8, 4) is 5.75 Å². The Kier molecular flexibility index (Phi) is 4.53. The van der Waals surface area contributed by atoms with Gasteiger partial charge in [-0.05, 0) is 31.2 Å². The van der Waals surface area contributed by atoms with Crippen molar-refractivity contribution in [3.63, 3.8) is 0 Å². The molecule has 0 amide bonds. The lowest BCUT2D eigenvalue weighted by Crippen LogP contribution is -2.08. The highest BCUT2D eigenvalue weighted by Crippen LogP contribution is 2.34. The predicted molar refractivity (Wildman–Crippen MR) is 81.9 cm³/mol. The molecular formula is C15H13Cl2NO2. The second-order valence-corrected chi connectivity index (χ2v) is 4.96. The van der Waals surface area contributed by atoms with E-state index < -0.39 is 0 Å². The molecule has 0 bridgehead atoms. The van der Waals surface area contributed by atoms with Crippen LogP contribution in [-0.4, -0.2) is 12.4 Å². The molecule has 5 heteroatoms. The number of para-hydroxylation sites is 1. The van der Waals surface area contributed by atoms with Crippen molar-refractivity contribution in [1.82, 2.24) is 0 Å². The van der Waals surface area contributed by atoms with Crippen molar-refractivity contribution in [3.05, 3.63) is 57.6 Å². The lowest BCUT2D eigenvalue weighted by molar-refractivity contribution is 0.103. The summed E-state index contributed by atoms with van der Waals surface area (Å²) < 4.78 is 5.45. The summed E-state index contributed by atoms with van der Waals surface area (Å²) >= 11 is 12.1. The molecule has 0 atom stereocenters. The largest absolute Gasteiger partial charge is 0.492 e. The Bertz CT molecular complexity index is 656. The van der Waals surface area contributed by atoms with E-state index in [-0.39, 0.29) is 5.78 Å². The van der Waals surface area contributed by atoms with E-state index >= 15 is 0 Å². The van der Waals surface area contributed by atoms with Gasteiger partial charge < -0.3 is 10.5 Å². The molecule has 104 valence electrons. The highest BCUT2D eigenvalue weighted by atomic mass is 35.5. The number of carbonyl (C=O) groups excluding carboxylic acids is 1. The van der Waals surface area contributed by atoms with Gasteiger partial charge in [-0.3, -0.25) is 4.79 Å². The van der Waals surface area contributed by atoms with Gasteiger partial charge >= 0.3 is 0 Å². The van der Waals surface area contributed by atoms with Gasteiger partial charge in [0.1, 0.15) is 5.75 Å². The van der Waals surface area contributed by atoms with Crippen molar-refractivity contribution >= 4 is 34.7 Å². The van der Waals surface area contributed by atoms with Crippen LogP contribution in [0.25, 0.3) is 0 Å². The molecule has 0 fully saturated rings. The number of nitrogens with two attached hydrogens (primary N) is 1. The first-order chi connectivity index (χ1) is 9.54. The summed E-state index contributed by atoms with van der Waals surface area (Å²) in [6, 6.07) is 9.91. The topological polar surface area (TPSA) is 52.3 Å². The average molecular weight is 310 g/mol. The number of benzene rings is 2. The maximum atomic E-state index is 12.6. The second-order valence-electron chi connectivity index (χ2n) is 4.11. The van der Waals surface area contributed by atoms with E-state index in [1.165, 1.54) is 6.07 Å². The van der Waals surface area contributed by atoms with Gasteiger partial charge in [0.2, 0.25) is 0 Å². The molecule has 2 aromatic carbocycles. The van der Waals surface area contributed by atoms with Crippen LogP contribution in [0.15, 0.2) is 36.4 Å². The summed E-state index contributed by atoms with van der Waals surface area (Å²) in [4.78, 5) is 12.6. The highest BCUT2D eigenvalue weighted by molar-refractivity contribution is 6.36. The molecule has 0 radical (unpaired) electrons. The zero-order valence-corrected chi connectivity index (χ0v) is 12.3. The number of anilines is 1. The van der Waals surface area contributed by atoms with E-state index in [9.17, 15) is 4.79 Å². The summed E-state index contributed by atoms with van der Waals surface area (Å²) in [6.07, 6.45) is 0. The number of ether oxygens (including phenoxy) is 1. The molecule has 0 aliphatic carbocycles. The SMILES string of the molecule is CCOc1c(Cl)cc(Cl)cc1C(=O)c1ccccc1N. The number of hydrogen-bond donors (Lipinski definition) is 1. The maximum absolute atomic E-state index is 12.6. The highest BCUT2D eigenvalue weighted by Gasteiger charge is 2.20. The Morgan fingerprint density at radius 2 is 1.90 bits per heavy atom. The van der Waals surface area contributed by atoms with Crippen LogP contribution in [0.4, 0.5) is 5.69 Å². The number of halogens is 2. The fourth-order valence-electron chi connectivity index (χ4n) is 1.87. The lowest BCUT2D eigenvalue weighted by atomic mass is 10.0. The number of nitrogen functional groups attached to an aromatic ring is 1. The van der Waals surface area contributed by atoms with Crippen molar-refractivity contribution in [1.29, 1.82) is 0 Å². The minimum atomic E-state index is -0.268. The smallest absolute Gasteiger partial charge is 0.198 e. The van der Waals surface area contributed by atoms with Crippen LogP contribution in [0.1, 0.15) is 22.8 Å². The van der Waals surface area contributed by atoms with Gasteiger partial charge in [0.15, 0.2) is 5.78 Å². The van der Waals surface area contributed by atoms with Gasteiger partial charge in [-0.2, -0.15) is 0 Å². The lowest BCUT2D eigenvalue weighted by Gasteiger charge is -2.12. The van der Waals surface area contributed by atoms with Crippen molar-refractivity contribution < 1.29 is 9.53 Å². The van der Waals surface area contributed by atoms with Crippen LogP contribution in [0, 0.1) is 0 Å². The predicted octanol–water partition coefficient (Wildman–Crippen LogP) is 4.21. The van der Waals surface area contributed by atoms with Crippen molar-refractivity contribution in [2.75, 3.05) is 12.3 Å². The fourth-order valence-corrected chi connectivity index (χ4v) is 2.42. The monoisotopic (exact) mass is 309 g/mol. The van der Waals surface area contributed by atoms with Crippen LogP contribution in [0.5, 0.6) is 5.75 Å². The molecule has 20 heavy (non-hydrogen) atoms. The number of hydrogen-bond acceptors (Lipinski definition) is 3. The molecule has 0 aromatic heterocycles. The minimum Gasteiger partial charge on any atom is -0.492 e. The zero-order valence-electron chi connectivity index (χ0n) is 10.8. The van der Waals surface area contributed by atoms with Gasteiger partial charge in [0.25, 0.3) is 0 Å². The molecule has 2 aromatic rings. The van der Waals surface area contributed by atoms with Gasteiger partial charge in [0.05, 0.1) is 17.2 Å². The first-order valence-corrected chi connectivity index (χ1v) is 6.81. The fraction of sp³-hybridized carbons (Fsp3) is 0.133. The molecule has 2 N–H and O–H groups in total. The third-order valence-electron chi connectivity index (χ3n) is 2.75. The Hall–Kier alpha value is -1.71. The first-order valence-electron chi connectivity index (χ1n) is 6.05. The van der Waals surface area contributed by atoms with Crippen LogP contribution >= 0.6 is 23.2 Å². The van der Waals surface area contributed by atoms with Crippen LogP contribution in [0.3, 0.4) is 0 Å². The molecular weight excluding hydrogens is 297 g/mol. The molecule has 0 heterocycles. The van der Waals surface area contributed by atoms with Crippen LogP contribution in [0.2, 0.25) is 10.0 Å². The van der Waals surface area contributed by atoms with Gasteiger partial charge in [-0.1, -0.05) is 35.3 Å². The van der Waals surface area contributed by atoms with E-state index in [0.717, 1.165) is 0 Å². The van der Waals surface area contributed by atoms with E-state index in [2.05, 4.69) is 0 Å². The summed E-state index contributed by atoms with van der Waals surface area (Å²) in [7, 11) is 0. The van der Waals surface area contributed by atoms with E-state index in [4.69, 9.17) is 33.7 Å². The summed E-state index contributed by atoms with van der Waals surface area (Å²) in [6.45, 7) is 2.21. The summed E-state index contributed by atoms with van der Waals surface area (Å²) in [5.41, 5.74) is 6.93. The Morgan fingerprint density at radius 3 is 2.55 bits per heavy atom. The average Bonchev–Trinajstić information content (AvgIpc) is 2.41. The third kappa shape index (κ3) is 2.89. The van der Waals surface area contributed by atoms with Gasteiger partial charge in [-0.25, -0.2) is 0 Å². The Balaban J connectivity index is 2.57. The zero-order chi connectivity index (χ0) is 14.7. The van der Waals surface area contributed by atoms with E-state index in [1.807, 2.05) is 6.92 Å². The third-order valence-corrected chi connectivity index (χ3v) is 3.25. The molecule has 3 nitrogen and oxygen atoms in total. The Morgan fingerprint density at radius 1 is 1.20 bits per heavy atom. The van der Waals surface area contributed by atoms with Crippen molar-refractivity contribution in [2.45, 2.75) is 6.92 Å². The second kappa shape index (κ2) is 6.16. The minimum absolute atomic E-state index is 0.268. The number of ketones is 1. The Labute approximate surface area is 127 Å². The summed E-state index contributed by atoms with van der Waals surface area (Å²) in [5, 5.41) is 0.675. The molecule has 0 saturated heterocycles. The van der Waals surface area contributed by atoms with Crippen LogP contribution in [-0.2, 0) is 0 Å².